The van der Waals surface area contributed by atoms with Gasteiger partial charge in [0.15, 0.2) is 35.6 Å². The number of ether oxygens (including phenoxy) is 9. The molecule has 42 heavy (non-hydrogen) atoms. The van der Waals surface area contributed by atoms with E-state index in [0.29, 0.717) is 28.2 Å². The summed E-state index contributed by atoms with van der Waals surface area (Å²) < 4.78 is 51.5. The number of rotatable bonds is 5. The molecule has 1 aliphatic carbocycles. The van der Waals surface area contributed by atoms with Crippen LogP contribution in [0.3, 0.4) is 0 Å². The summed E-state index contributed by atoms with van der Waals surface area (Å²) in [4.78, 5) is 13.4. The first kappa shape index (κ1) is 27.5. The minimum Gasteiger partial charge on any atom is -0.502 e. The average Bonchev–Trinajstić information content (AvgIpc) is 3.61. The standard InChI is InChI=1S/C29H32O13/c1-11-36-9-20-27(40-11)24(31)25(32)29(41-20)42-26-14-7-17-16(38-10-39-17)6-13(14)21(22-15(26)8-37-28(22)33)12-4-18(34-2)23(30)19(5-12)35-3/h4-7,11,15,20-22,24-27,29-32H,8-10H2,1-3H3/t11?,15-,20?,21+,22?,24?,25?,26+,27?,29?/m0/s1. The fourth-order valence-corrected chi connectivity index (χ4v) is 6.74. The van der Waals surface area contributed by atoms with Crippen LogP contribution in [0.15, 0.2) is 24.3 Å². The molecule has 0 bridgehead atoms. The first-order chi connectivity index (χ1) is 20.3. The van der Waals surface area contributed by atoms with Crippen LogP contribution < -0.4 is 18.9 Å². The number of esters is 1. The van der Waals surface area contributed by atoms with E-state index in [4.69, 9.17) is 42.6 Å². The zero-order chi connectivity index (χ0) is 29.3. The first-order valence-corrected chi connectivity index (χ1v) is 13.8. The van der Waals surface area contributed by atoms with Crippen molar-refractivity contribution in [1.29, 1.82) is 0 Å². The SMILES string of the molecule is COc1cc([C@@H]2c3cc4c(cc3[C@@H](OC3OC5COC(C)OC5C(O)C3O)[C@H]3COC(=O)C23)OCO4)cc(OC)c1O. The minimum absolute atomic E-state index is 0.0301. The van der Waals surface area contributed by atoms with Gasteiger partial charge in [-0.25, -0.2) is 0 Å². The smallest absolute Gasteiger partial charge is 0.310 e. The molecule has 226 valence electrons. The summed E-state index contributed by atoms with van der Waals surface area (Å²) in [6.45, 7) is 1.93. The van der Waals surface area contributed by atoms with Crippen LogP contribution in [0.4, 0.5) is 0 Å². The van der Waals surface area contributed by atoms with Crippen molar-refractivity contribution in [3.63, 3.8) is 0 Å². The number of aliphatic hydroxyl groups is 2. The van der Waals surface area contributed by atoms with Gasteiger partial charge in [0.05, 0.1) is 39.5 Å². The molecule has 13 heteroatoms. The number of hydrogen-bond acceptors (Lipinski definition) is 13. The predicted molar refractivity (Wildman–Crippen MR) is 138 cm³/mol. The molecule has 2 aromatic carbocycles. The second-order valence-corrected chi connectivity index (χ2v) is 11.0. The summed E-state index contributed by atoms with van der Waals surface area (Å²) in [5, 5.41) is 32.5. The number of cyclic esters (lactones) is 1. The summed E-state index contributed by atoms with van der Waals surface area (Å²) in [6, 6.07) is 6.93. The Morgan fingerprint density at radius 1 is 0.881 bits per heavy atom. The number of aliphatic hydroxyl groups excluding tert-OH is 2. The molecule has 13 nitrogen and oxygen atoms in total. The number of carbonyl (C=O) groups excluding carboxylic acids is 1. The first-order valence-electron chi connectivity index (χ1n) is 13.8. The lowest BCUT2D eigenvalue weighted by Crippen LogP contribution is -2.63. The van der Waals surface area contributed by atoms with Gasteiger partial charge in [-0.3, -0.25) is 4.79 Å². The highest BCUT2D eigenvalue weighted by molar-refractivity contribution is 5.79. The molecule has 3 saturated heterocycles. The lowest BCUT2D eigenvalue weighted by molar-refractivity contribution is -0.364. The van der Waals surface area contributed by atoms with E-state index in [-0.39, 0.29) is 37.3 Å². The third-order valence-corrected chi connectivity index (χ3v) is 8.75. The van der Waals surface area contributed by atoms with Crippen LogP contribution in [-0.4, -0.2) is 92.5 Å². The molecule has 3 N–H and O–H groups in total. The largest absolute Gasteiger partial charge is 0.502 e. The molecule has 7 rings (SSSR count). The van der Waals surface area contributed by atoms with Crippen LogP contribution in [0.5, 0.6) is 28.7 Å². The second-order valence-electron chi connectivity index (χ2n) is 11.0. The van der Waals surface area contributed by atoms with Gasteiger partial charge in [0.1, 0.15) is 24.4 Å². The molecule has 0 saturated carbocycles. The van der Waals surface area contributed by atoms with Gasteiger partial charge in [0, 0.05) is 11.8 Å². The number of fused-ring (bicyclic) bond motifs is 4. The Morgan fingerprint density at radius 2 is 1.57 bits per heavy atom. The van der Waals surface area contributed by atoms with Crippen LogP contribution in [0, 0.1) is 11.8 Å². The van der Waals surface area contributed by atoms with Crippen LogP contribution >= 0.6 is 0 Å². The summed E-state index contributed by atoms with van der Waals surface area (Å²) in [5.41, 5.74) is 2.01. The molecular formula is C29H32O13. The lowest BCUT2D eigenvalue weighted by atomic mass is 9.66. The fraction of sp³-hybridized carbons (Fsp3) is 0.552. The second kappa shape index (κ2) is 10.4. The zero-order valence-electron chi connectivity index (χ0n) is 23.1. The van der Waals surface area contributed by atoms with E-state index in [1.807, 2.05) is 0 Å². The van der Waals surface area contributed by atoms with Crippen molar-refractivity contribution < 1.29 is 62.7 Å². The Kier molecular flexibility index (Phi) is 6.83. The number of phenolic OH excluding ortho intramolecular Hbond substituents is 1. The van der Waals surface area contributed by atoms with Crippen LogP contribution in [0.1, 0.15) is 35.6 Å². The molecule has 0 radical (unpaired) electrons. The molecule has 2 aromatic rings. The van der Waals surface area contributed by atoms with E-state index in [0.717, 1.165) is 0 Å². The summed E-state index contributed by atoms with van der Waals surface area (Å²) >= 11 is 0. The molecule has 0 aromatic heterocycles. The molecule has 0 amide bonds. The maximum Gasteiger partial charge on any atom is 0.310 e. The van der Waals surface area contributed by atoms with Crippen molar-refractivity contribution in [1.82, 2.24) is 0 Å². The van der Waals surface area contributed by atoms with E-state index in [1.54, 1.807) is 31.2 Å². The van der Waals surface area contributed by atoms with E-state index < -0.39 is 66.8 Å². The molecular weight excluding hydrogens is 556 g/mol. The van der Waals surface area contributed by atoms with E-state index in [2.05, 4.69) is 0 Å². The third kappa shape index (κ3) is 4.26. The Bertz CT molecular complexity index is 1350. The summed E-state index contributed by atoms with van der Waals surface area (Å²) in [7, 11) is 2.86. The quantitative estimate of drug-likeness (QED) is 0.430. The zero-order valence-corrected chi connectivity index (χ0v) is 23.1. The van der Waals surface area contributed by atoms with Gasteiger partial charge in [-0.1, -0.05) is 0 Å². The van der Waals surface area contributed by atoms with Crippen molar-refractivity contribution in [2.45, 2.75) is 55.9 Å². The fourth-order valence-electron chi connectivity index (χ4n) is 6.74. The number of aromatic hydroxyl groups is 1. The molecule has 0 spiro atoms. The lowest BCUT2D eigenvalue weighted by Gasteiger charge is -2.47. The number of carbonyl (C=O) groups is 1. The molecule has 5 aliphatic rings. The monoisotopic (exact) mass is 588 g/mol. The third-order valence-electron chi connectivity index (χ3n) is 8.75. The number of phenols is 1. The van der Waals surface area contributed by atoms with E-state index in [1.165, 1.54) is 14.2 Å². The van der Waals surface area contributed by atoms with E-state index >= 15 is 0 Å². The molecule has 3 fully saturated rings. The highest BCUT2D eigenvalue weighted by Gasteiger charge is 2.56. The molecule has 10 atom stereocenters. The highest BCUT2D eigenvalue weighted by Crippen LogP contribution is 2.57. The van der Waals surface area contributed by atoms with Crippen molar-refractivity contribution in [2.24, 2.45) is 11.8 Å². The van der Waals surface area contributed by atoms with Crippen LogP contribution in [-0.2, 0) is 28.5 Å². The summed E-state index contributed by atoms with van der Waals surface area (Å²) in [5.74, 6) is -1.02. The van der Waals surface area contributed by atoms with Gasteiger partial charge in [0.2, 0.25) is 12.5 Å². The van der Waals surface area contributed by atoms with Crippen molar-refractivity contribution in [3.8, 4) is 28.7 Å². The summed E-state index contributed by atoms with van der Waals surface area (Å²) in [6.07, 6.45) is -6.80. The van der Waals surface area contributed by atoms with Gasteiger partial charge in [-0.05, 0) is 47.9 Å². The molecule has 4 aliphatic heterocycles. The Labute approximate surface area is 240 Å². The van der Waals surface area contributed by atoms with Crippen molar-refractivity contribution >= 4 is 5.97 Å². The van der Waals surface area contributed by atoms with Gasteiger partial charge in [-0.2, -0.15) is 0 Å². The number of hydrogen-bond donors (Lipinski definition) is 3. The molecule has 4 heterocycles. The van der Waals surface area contributed by atoms with Crippen molar-refractivity contribution in [2.75, 3.05) is 34.2 Å². The average molecular weight is 589 g/mol. The highest BCUT2D eigenvalue weighted by atomic mass is 16.8. The normalized spacial score (nSPS) is 36.5. The van der Waals surface area contributed by atoms with E-state index in [9.17, 15) is 20.1 Å². The molecule has 7 unspecified atom stereocenters. The Hall–Kier alpha value is -3.33. The van der Waals surface area contributed by atoms with Crippen LogP contribution in [0.25, 0.3) is 0 Å². The van der Waals surface area contributed by atoms with Gasteiger partial charge in [-0.15, -0.1) is 0 Å². The van der Waals surface area contributed by atoms with Gasteiger partial charge < -0.3 is 58.0 Å². The Morgan fingerprint density at radius 3 is 2.26 bits per heavy atom. The van der Waals surface area contributed by atoms with Crippen molar-refractivity contribution in [3.05, 3.63) is 41.0 Å². The van der Waals surface area contributed by atoms with Gasteiger partial charge in [0.25, 0.3) is 0 Å². The maximum absolute atomic E-state index is 13.4. The predicted octanol–water partition coefficient (Wildman–Crippen LogP) is 1.34. The minimum atomic E-state index is -1.44. The number of benzene rings is 2. The topological polar surface area (TPSA) is 161 Å². The van der Waals surface area contributed by atoms with Crippen LogP contribution in [0.2, 0.25) is 0 Å². The van der Waals surface area contributed by atoms with Gasteiger partial charge >= 0.3 is 5.97 Å². The Balaban J connectivity index is 1.32. The maximum atomic E-state index is 13.4. The number of methoxy groups -OCH3 is 2.